The van der Waals surface area contributed by atoms with Gasteiger partial charge in [-0.3, -0.25) is 9.89 Å². The number of aromatic nitrogens is 2. The van der Waals surface area contributed by atoms with Crippen molar-refractivity contribution >= 4 is 5.91 Å². The predicted molar refractivity (Wildman–Crippen MR) is 79.5 cm³/mol. The van der Waals surface area contributed by atoms with Gasteiger partial charge in [0.05, 0.1) is 12.1 Å². The minimum Gasteiger partial charge on any atom is -0.333 e. The fourth-order valence-electron chi connectivity index (χ4n) is 3.70. The Morgan fingerprint density at radius 3 is 2.71 bits per heavy atom. The van der Waals surface area contributed by atoms with E-state index in [9.17, 15) is 4.79 Å². The normalized spacial score (nSPS) is 23.8. The summed E-state index contributed by atoms with van der Waals surface area (Å²) in [6.07, 6.45) is 3.89. The largest absolute Gasteiger partial charge is 0.333 e. The first kappa shape index (κ1) is 12.6. The Morgan fingerprint density at radius 1 is 1.29 bits per heavy atom. The number of hydrogen-bond acceptors (Lipinski definition) is 2. The topological polar surface area (TPSA) is 49.0 Å². The molecular formula is C17H19N3O. The van der Waals surface area contributed by atoms with Crippen LogP contribution in [0.3, 0.4) is 0 Å². The fraction of sp³-hybridized carbons (Fsp3) is 0.412. The number of H-pyrrole nitrogens is 1. The summed E-state index contributed by atoms with van der Waals surface area (Å²) in [6, 6.07) is 8.33. The summed E-state index contributed by atoms with van der Waals surface area (Å²) in [5.41, 5.74) is 4.81. The molecule has 1 N–H and O–H groups in total. The van der Waals surface area contributed by atoms with E-state index in [0.29, 0.717) is 5.92 Å². The van der Waals surface area contributed by atoms with Gasteiger partial charge in [-0.05, 0) is 29.9 Å². The number of benzene rings is 1. The van der Waals surface area contributed by atoms with Crippen molar-refractivity contribution < 1.29 is 4.79 Å². The lowest BCUT2D eigenvalue weighted by molar-refractivity contribution is -0.134. The van der Waals surface area contributed by atoms with Gasteiger partial charge in [0.15, 0.2) is 0 Å². The fourth-order valence-corrected chi connectivity index (χ4v) is 3.70. The summed E-state index contributed by atoms with van der Waals surface area (Å²) >= 11 is 0. The van der Waals surface area contributed by atoms with Crippen molar-refractivity contribution in [3.8, 4) is 0 Å². The number of carbonyl (C=O) groups excluding carboxylic acids is 1. The van der Waals surface area contributed by atoms with E-state index in [1.165, 1.54) is 11.1 Å². The van der Waals surface area contributed by atoms with Crippen molar-refractivity contribution in [2.24, 2.45) is 5.92 Å². The number of amides is 1. The van der Waals surface area contributed by atoms with E-state index in [1.807, 2.05) is 23.2 Å². The average molecular weight is 281 g/mol. The zero-order valence-corrected chi connectivity index (χ0v) is 12.2. The molecule has 2 unspecified atom stereocenters. The molecule has 2 atom stereocenters. The number of aromatic amines is 1. The molecule has 108 valence electrons. The highest BCUT2D eigenvalue weighted by Crippen LogP contribution is 2.38. The first-order chi connectivity index (χ1) is 10.2. The molecule has 2 aliphatic rings. The van der Waals surface area contributed by atoms with Gasteiger partial charge in [-0.2, -0.15) is 5.10 Å². The molecule has 0 saturated carbocycles. The number of fused-ring (bicyclic) bond motifs is 2. The van der Waals surface area contributed by atoms with E-state index in [-0.39, 0.29) is 11.8 Å². The molecule has 0 bridgehead atoms. The molecule has 1 aliphatic heterocycles. The zero-order chi connectivity index (χ0) is 14.4. The van der Waals surface area contributed by atoms with Gasteiger partial charge >= 0.3 is 0 Å². The Balaban J connectivity index is 1.62. The van der Waals surface area contributed by atoms with Gasteiger partial charge in [-0.1, -0.05) is 31.2 Å². The lowest BCUT2D eigenvalue weighted by Crippen LogP contribution is -2.35. The Bertz CT molecular complexity index is 666. The predicted octanol–water partition coefficient (Wildman–Crippen LogP) is 2.62. The van der Waals surface area contributed by atoms with Crippen molar-refractivity contribution in [1.29, 1.82) is 0 Å². The highest BCUT2D eigenvalue weighted by atomic mass is 16.2. The Morgan fingerprint density at radius 2 is 2.00 bits per heavy atom. The molecule has 4 rings (SSSR count). The monoisotopic (exact) mass is 281 g/mol. The maximum atomic E-state index is 13.0. The summed E-state index contributed by atoms with van der Waals surface area (Å²) in [5.74, 6) is 0.592. The minimum absolute atomic E-state index is 0.0400. The third-order valence-electron chi connectivity index (χ3n) is 4.92. The van der Waals surface area contributed by atoms with Crippen LogP contribution >= 0.6 is 0 Å². The molecular weight excluding hydrogens is 262 g/mol. The van der Waals surface area contributed by atoms with Gasteiger partial charge in [0.1, 0.15) is 0 Å². The lowest BCUT2D eigenvalue weighted by atomic mass is 9.78. The van der Waals surface area contributed by atoms with Gasteiger partial charge in [0.25, 0.3) is 0 Å². The van der Waals surface area contributed by atoms with Gasteiger partial charge < -0.3 is 4.90 Å². The quantitative estimate of drug-likeness (QED) is 0.873. The third-order valence-corrected chi connectivity index (χ3v) is 4.92. The summed E-state index contributed by atoms with van der Waals surface area (Å²) in [4.78, 5) is 15.0. The number of rotatable bonds is 1. The standard InChI is InChI=1S/C17H19N3O/c1-11-6-7-15-14(8-18-19-15)16(11)17(21)20-9-12-4-2-3-5-13(12)10-20/h2-5,8,11,16H,6-7,9-10H2,1H3,(H,18,19). The molecule has 1 amide bonds. The molecule has 0 spiro atoms. The summed E-state index contributed by atoms with van der Waals surface area (Å²) in [5, 5.41) is 7.19. The van der Waals surface area contributed by atoms with Crippen LogP contribution in [0.5, 0.6) is 0 Å². The second-order valence-corrected chi connectivity index (χ2v) is 6.26. The molecule has 1 aromatic carbocycles. The van der Waals surface area contributed by atoms with Gasteiger partial charge in [0, 0.05) is 24.3 Å². The zero-order valence-electron chi connectivity index (χ0n) is 12.2. The van der Waals surface area contributed by atoms with Crippen molar-refractivity contribution in [3.63, 3.8) is 0 Å². The van der Waals surface area contributed by atoms with Gasteiger partial charge in [-0.25, -0.2) is 0 Å². The molecule has 0 fully saturated rings. The Labute approximate surface area is 124 Å². The van der Waals surface area contributed by atoms with Crippen LogP contribution in [-0.2, 0) is 24.3 Å². The van der Waals surface area contributed by atoms with E-state index in [1.54, 1.807) is 0 Å². The number of carbonyl (C=O) groups is 1. The molecule has 4 heteroatoms. The van der Waals surface area contributed by atoms with Crippen LogP contribution in [0.15, 0.2) is 30.5 Å². The maximum absolute atomic E-state index is 13.0. The van der Waals surface area contributed by atoms with Gasteiger partial charge in [0.2, 0.25) is 5.91 Å². The number of nitrogens with zero attached hydrogens (tertiary/aromatic N) is 2. The van der Waals surface area contributed by atoms with Crippen LogP contribution in [0.1, 0.15) is 41.6 Å². The third kappa shape index (κ3) is 1.97. The van der Waals surface area contributed by atoms with Gasteiger partial charge in [-0.15, -0.1) is 0 Å². The van der Waals surface area contributed by atoms with Crippen molar-refractivity contribution in [3.05, 3.63) is 52.8 Å². The van der Waals surface area contributed by atoms with Crippen molar-refractivity contribution in [2.45, 2.75) is 38.8 Å². The SMILES string of the molecule is CC1CCc2[nH]ncc2C1C(=O)N1Cc2ccccc2C1. The van der Waals surface area contributed by atoms with Crippen molar-refractivity contribution in [2.75, 3.05) is 0 Å². The van der Waals surface area contributed by atoms with Crippen LogP contribution in [0.25, 0.3) is 0 Å². The van der Waals surface area contributed by atoms with Crippen LogP contribution in [0, 0.1) is 5.92 Å². The second-order valence-electron chi connectivity index (χ2n) is 6.26. The second kappa shape index (κ2) is 4.72. The molecule has 0 radical (unpaired) electrons. The molecule has 2 aromatic rings. The molecule has 1 aliphatic carbocycles. The summed E-state index contributed by atoms with van der Waals surface area (Å²) < 4.78 is 0. The lowest BCUT2D eigenvalue weighted by Gasteiger charge is -2.31. The highest BCUT2D eigenvalue weighted by Gasteiger charge is 2.37. The van der Waals surface area contributed by atoms with E-state index < -0.39 is 0 Å². The first-order valence-electron chi connectivity index (χ1n) is 7.61. The number of nitrogens with one attached hydrogen (secondary N) is 1. The number of hydrogen-bond donors (Lipinski definition) is 1. The van der Waals surface area contributed by atoms with E-state index in [0.717, 1.165) is 37.2 Å². The first-order valence-corrected chi connectivity index (χ1v) is 7.61. The molecule has 4 nitrogen and oxygen atoms in total. The smallest absolute Gasteiger partial charge is 0.231 e. The van der Waals surface area contributed by atoms with E-state index in [2.05, 4.69) is 29.3 Å². The molecule has 1 aromatic heterocycles. The molecule has 2 heterocycles. The molecule has 0 saturated heterocycles. The molecule has 21 heavy (non-hydrogen) atoms. The van der Waals surface area contributed by atoms with E-state index >= 15 is 0 Å². The average Bonchev–Trinajstić information content (AvgIpc) is 3.12. The van der Waals surface area contributed by atoms with Crippen LogP contribution in [-0.4, -0.2) is 21.0 Å². The van der Waals surface area contributed by atoms with Crippen LogP contribution in [0.2, 0.25) is 0 Å². The summed E-state index contributed by atoms with van der Waals surface area (Å²) in [6.45, 7) is 3.67. The summed E-state index contributed by atoms with van der Waals surface area (Å²) in [7, 11) is 0. The number of aryl methyl sites for hydroxylation is 1. The highest BCUT2D eigenvalue weighted by molar-refractivity contribution is 5.85. The Hall–Kier alpha value is -2.10. The maximum Gasteiger partial charge on any atom is 0.231 e. The van der Waals surface area contributed by atoms with E-state index in [4.69, 9.17) is 0 Å². The van der Waals surface area contributed by atoms with Crippen molar-refractivity contribution in [1.82, 2.24) is 15.1 Å². The van der Waals surface area contributed by atoms with Crippen LogP contribution in [0.4, 0.5) is 0 Å². The van der Waals surface area contributed by atoms with Crippen LogP contribution < -0.4 is 0 Å². The minimum atomic E-state index is -0.0400. The Kier molecular flexibility index (Phi) is 2.84.